The number of nitrogens with one attached hydrogen (secondary N) is 7. The van der Waals surface area contributed by atoms with Crippen LogP contribution in [0.3, 0.4) is 0 Å². The number of hydrogen-bond donors (Lipinski definition) is 7. The lowest BCUT2D eigenvalue weighted by Gasteiger charge is -2.49. The third kappa shape index (κ3) is 17.0. The summed E-state index contributed by atoms with van der Waals surface area (Å²) in [6.07, 6.45) is 9.97. The summed E-state index contributed by atoms with van der Waals surface area (Å²) in [7, 11) is 10.8. The highest BCUT2D eigenvalue weighted by Crippen LogP contribution is 2.37. The summed E-state index contributed by atoms with van der Waals surface area (Å²) in [5.74, 6) is 4.20. The smallest absolute Gasteiger partial charge is 0.231 e. The molecule has 2 aromatic heterocycles. The first-order valence-electron chi connectivity index (χ1n) is 28.0. The van der Waals surface area contributed by atoms with Gasteiger partial charge >= 0.3 is 0 Å². The van der Waals surface area contributed by atoms with E-state index in [1.54, 1.807) is 0 Å². The van der Waals surface area contributed by atoms with E-state index in [-0.39, 0.29) is 44.3 Å². The van der Waals surface area contributed by atoms with Crippen LogP contribution in [0, 0.1) is 0 Å². The zero-order chi connectivity index (χ0) is 54.2. The summed E-state index contributed by atoms with van der Waals surface area (Å²) in [6, 6.07) is 1.17. The van der Waals surface area contributed by atoms with E-state index >= 15 is 0 Å². The lowest BCUT2D eigenvalue weighted by atomic mass is 9.79. The Kier molecular flexibility index (Phi) is 18.0. The van der Waals surface area contributed by atoms with Gasteiger partial charge in [-0.3, -0.25) is 0 Å². The van der Waals surface area contributed by atoms with E-state index in [4.69, 9.17) is 29.9 Å². The second kappa shape index (κ2) is 22.3. The van der Waals surface area contributed by atoms with Crippen LogP contribution in [0.1, 0.15) is 175 Å². The fraction of sp³-hybridized carbons (Fsp3) is 0.891. The van der Waals surface area contributed by atoms with Crippen molar-refractivity contribution in [3.63, 3.8) is 0 Å². The van der Waals surface area contributed by atoms with Gasteiger partial charge in [-0.25, -0.2) is 0 Å². The molecule has 0 amide bonds. The van der Waals surface area contributed by atoms with Crippen molar-refractivity contribution in [1.29, 1.82) is 0 Å². The monoisotopic (exact) mass is 1020 g/mol. The summed E-state index contributed by atoms with van der Waals surface area (Å²) < 4.78 is 0. The van der Waals surface area contributed by atoms with Crippen LogP contribution in [0.4, 0.5) is 35.7 Å². The number of likely N-dealkylation sites (N-methyl/N-ethyl adjacent to an activating group) is 1. The lowest BCUT2D eigenvalue weighted by molar-refractivity contribution is 0.159. The Hall–Kier alpha value is -3.42. The molecule has 0 radical (unpaired) electrons. The Balaban J connectivity index is 1.01. The minimum absolute atomic E-state index is 0.00552. The van der Waals surface area contributed by atoms with E-state index in [1.807, 2.05) is 0 Å². The van der Waals surface area contributed by atoms with Crippen LogP contribution < -0.4 is 56.8 Å². The molecule has 0 aliphatic carbocycles. The maximum Gasteiger partial charge on any atom is 0.231 e. The Morgan fingerprint density at radius 2 is 0.616 bits per heavy atom. The molecule has 0 saturated carbocycles. The van der Waals surface area contributed by atoms with Crippen molar-refractivity contribution in [3.05, 3.63) is 0 Å². The van der Waals surface area contributed by atoms with Gasteiger partial charge in [0.1, 0.15) is 0 Å². The van der Waals surface area contributed by atoms with Crippen LogP contribution >= 0.6 is 0 Å². The van der Waals surface area contributed by atoms with Gasteiger partial charge in [0.15, 0.2) is 0 Å². The van der Waals surface area contributed by atoms with Gasteiger partial charge in [-0.1, -0.05) is 0 Å². The molecule has 18 nitrogen and oxygen atoms in total. The van der Waals surface area contributed by atoms with E-state index in [2.05, 4.69) is 208 Å². The number of hydrogen-bond acceptors (Lipinski definition) is 18. The van der Waals surface area contributed by atoms with Gasteiger partial charge in [0.25, 0.3) is 0 Å². The number of anilines is 6. The SMILES string of the molecule is CN(CCCNc1nc(N(C)C2CC(C)(C)NC(C)(C)C2)nc(N(C)C2CC(C)(C)NC(C)(C)C2)n1)CCNCCCNc1nc(N(C)C2CC(C)(C)NC(C)(C)C2)nc(N(C)C2CC(C)(C)NC(C)(C)C2)n1. The first-order chi connectivity index (χ1) is 33.5. The lowest BCUT2D eigenvalue weighted by Crippen LogP contribution is -2.62. The van der Waals surface area contributed by atoms with E-state index in [0.29, 0.717) is 36.1 Å². The van der Waals surface area contributed by atoms with Crippen LogP contribution in [0.15, 0.2) is 0 Å². The van der Waals surface area contributed by atoms with Crippen LogP contribution in [0.2, 0.25) is 0 Å². The van der Waals surface area contributed by atoms with Crippen LogP contribution in [-0.2, 0) is 0 Å². The second-order valence-electron chi connectivity index (χ2n) is 28.4. The quantitative estimate of drug-likeness (QED) is 0.0645. The Morgan fingerprint density at radius 3 is 0.890 bits per heavy atom. The summed E-state index contributed by atoms with van der Waals surface area (Å²) in [4.78, 5) is 42.2. The summed E-state index contributed by atoms with van der Waals surface area (Å²) in [6.45, 7) is 42.1. The van der Waals surface area contributed by atoms with E-state index in [9.17, 15) is 0 Å². The molecule has 7 N–H and O–H groups in total. The van der Waals surface area contributed by atoms with E-state index < -0.39 is 0 Å². The molecular formula is C55H106N18. The average molecular weight is 1020 g/mol. The fourth-order valence-electron chi connectivity index (χ4n) is 13.8. The largest absolute Gasteiger partial charge is 0.354 e. The van der Waals surface area contributed by atoms with Crippen LogP contribution in [0.5, 0.6) is 0 Å². The summed E-state index contributed by atoms with van der Waals surface area (Å²) >= 11 is 0. The van der Waals surface area contributed by atoms with Crippen LogP contribution in [-0.4, -0.2) is 178 Å². The molecule has 416 valence electrons. The van der Waals surface area contributed by atoms with Gasteiger partial charge in [0, 0.05) is 123 Å². The van der Waals surface area contributed by atoms with Gasteiger partial charge in [0.05, 0.1) is 0 Å². The topological polar surface area (TPSA) is 178 Å². The predicted molar refractivity (Wildman–Crippen MR) is 307 cm³/mol. The molecule has 4 saturated heterocycles. The minimum Gasteiger partial charge on any atom is -0.354 e. The number of nitrogens with zero attached hydrogens (tertiary/aromatic N) is 11. The molecule has 6 rings (SSSR count). The third-order valence-corrected chi connectivity index (χ3v) is 15.8. The van der Waals surface area contributed by atoms with Crippen molar-refractivity contribution in [2.45, 2.75) is 243 Å². The number of piperidine rings is 4. The molecule has 0 bridgehead atoms. The molecule has 4 fully saturated rings. The van der Waals surface area contributed by atoms with Crippen molar-refractivity contribution in [2.75, 3.05) is 105 Å². The van der Waals surface area contributed by atoms with Crippen molar-refractivity contribution >= 4 is 35.7 Å². The van der Waals surface area contributed by atoms with E-state index in [0.717, 1.165) is 127 Å². The molecular weight excluding hydrogens is 913 g/mol. The maximum atomic E-state index is 5.19. The standard InChI is InChI=1S/C55H106N18/c1-48(2)30-38(31-49(3,4)65-48)70(18)44-59-42(60-45(63-44)71(19)39-32-50(5,6)66-51(7,8)33-39)57-25-22-24-56-27-29-69(17)28-23-26-58-43-61-46(72(20)40-34-52(9,10)67-53(11,12)35-40)64-47(62-43)73(21)41-36-54(13,14)68-55(15,16)37-41/h38-41,56,65-68H,22-37H2,1-21H3,(H,57,59,60,63)(H,58,61,62,64). The normalized spacial score (nSPS) is 23.5. The zero-order valence-electron chi connectivity index (χ0n) is 50.0. The number of aromatic nitrogens is 6. The first kappa shape index (κ1) is 58.8. The molecule has 4 aliphatic rings. The molecule has 0 unspecified atom stereocenters. The zero-order valence-corrected chi connectivity index (χ0v) is 50.0. The van der Waals surface area contributed by atoms with Gasteiger partial charge in [-0.15, -0.1) is 0 Å². The van der Waals surface area contributed by atoms with Crippen molar-refractivity contribution in [2.24, 2.45) is 0 Å². The molecule has 18 heteroatoms. The van der Waals surface area contributed by atoms with Gasteiger partial charge < -0.3 is 61.7 Å². The molecule has 4 aliphatic heterocycles. The molecule has 0 atom stereocenters. The molecule has 0 spiro atoms. The minimum atomic E-state index is 0.00552. The van der Waals surface area contributed by atoms with Crippen molar-refractivity contribution in [1.82, 2.24) is 61.4 Å². The van der Waals surface area contributed by atoms with Crippen molar-refractivity contribution < 1.29 is 0 Å². The molecule has 2 aromatic rings. The maximum absolute atomic E-state index is 5.19. The van der Waals surface area contributed by atoms with Gasteiger partial charge in [-0.05, 0) is 195 Å². The highest BCUT2D eigenvalue weighted by molar-refractivity contribution is 5.48. The van der Waals surface area contributed by atoms with Gasteiger partial charge in [0.2, 0.25) is 35.7 Å². The van der Waals surface area contributed by atoms with E-state index in [1.165, 1.54) is 0 Å². The Bertz CT molecular complexity index is 1930. The number of rotatable bonds is 21. The Morgan fingerprint density at radius 1 is 0.356 bits per heavy atom. The second-order valence-corrected chi connectivity index (χ2v) is 28.4. The predicted octanol–water partition coefficient (Wildman–Crippen LogP) is 6.86. The summed E-state index contributed by atoms with van der Waals surface area (Å²) in [5, 5.41) is 26.3. The average Bonchev–Trinajstić information content (AvgIpc) is 3.22. The Labute approximate surface area is 443 Å². The highest BCUT2D eigenvalue weighted by Gasteiger charge is 2.44. The fourth-order valence-corrected chi connectivity index (χ4v) is 13.8. The summed E-state index contributed by atoms with van der Waals surface area (Å²) in [5.41, 5.74) is 0.0452. The molecule has 0 aromatic carbocycles. The molecule has 73 heavy (non-hydrogen) atoms. The first-order valence-corrected chi connectivity index (χ1v) is 28.0. The third-order valence-electron chi connectivity index (χ3n) is 15.8. The van der Waals surface area contributed by atoms with Crippen LogP contribution in [0.25, 0.3) is 0 Å². The highest BCUT2D eigenvalue weighted by atomic mass is 15.4. The van der Waals surface area contributed by atoms with Gasteiger partial charge in [-0.2, -0.15) is 29.9 Å². The molecule has 6 heterocycles. The van der Waals surface area contributed by atoms with Crippen molar-refractivity contribution in [3.8, 4) is 0 Å².